The topological polar surface area (TPSA) is 63.4 Å². The fourth-order valence-electron chi connectivity index (χ4n) is 1.38. The monoisotopic (exact) mass is 170 g/mol. The molecule has 0 radical (unpaired) electrons. The maximum atomic E-state index is 11.5. The summed E-state index contributed by atoms with van der Waals surface area (Å²) < 4.78 is 0. The van der Waals surface area contributed by atoms with Crippen LogP contribution in [0.3, 0.4) is 0 Å². The molecule has 1 unspecified atom stereocenters. The minimum Gasteiger partial charge on any atom is -0.317 e. The first-order valence-electron chi connectivity index (χ1n) is 4.11. The van der Waals surface area contributed by atoms with Crippen molar-refractivity contribution >= 4 is 11.8 Å². The molecule has 2 amide bonds. The Labute approximate surface area is 71.7 Å². The van der Waals surface area contributed by atoms with Gasteiger partial charge in [-0.2, -0.15) is 0 Å². The first-order valence-corrected chi connectivity index (χ1v) is 4.11. The van der Waals surface area contributed by atoms with Gasteiger partial charge in [-0.25, -0.2) is 0 Å². The average Bonchev–Trinajstić information content (AvgIpc) is 2.09. The summed E-state index contributed by atoms with van der Waals surface area (Å²) in [5.74, 6) is -0.379. The van der Waals surface area contributed by atoms with Crippen LogP contribution in [0, 0.1) is 0 Å². The van der Waals surface area contributed by atoms with E-state index >= 15 is 0 Å². The summed E-state index contributed by atoms with van der Waals surface area (Å²) >= 11 is 0. The lowest BCUT2D eigenvalue weighted by atomic mass is 9.87. The maximum absolute atomic E-state index is 11.5. The summed E-state index contributed by atoms with van der Waals surface area (Å²) in [7, 11) is 1.49. The number of imide groups is 1. The summed E-state index contributed by atoms with van der Waals surface area (Å²) in [5.41, 5.74) is 5.01. The Hall–Kier alpha value is -0.900. The molecule has 0 spiro atoms. The van der Waals surface area contributed by atoms with Gasteiger partial charge in [0.05, 0.1) is 5.54 Å². The Bertz CT molecular complexity index is 227. The third-order valence-electron chi connectivity index (χ3n) is 2.52. The van der Waals surface area contributed by atoms with Gasteiger partial charge in [0.2, 0.25) is 11.8 Å². The molecule has 0 saturated carbocycles. The van der Waals surface area contributed by atoms with Crippen molar-refractivity contribution in [3.8, 4) is 0 Å². The van der Waals surface area contributed by atoms with Crippen LogP contribution in [0.2, 0.25) is 0 Å². The zero-order valence-corrected chi connectivity index (χ0v) is 7.46. The molecule has 1 aliphatic rings. The first-order chi connectivity index (χ1) is 5.51. The van der Waals surface area contributed by atoms with Crippen LogP contribution in [0.5, 0.6) is 0 Å². The van der Waals surface area contributed by atoms with Crippen molar-refractivity contribution < 1.29 is 9.59 Å². The fraction of sp³-hybridized carbons (Fsp3) is 0.750. The van der Waals surface area contributed by atoms with Gasteiger partial charge < -0.3 is 5.73 Å². The second-order valence-corrected chi connectivity index (χ2v) is 3.27. The van der Waals surface area contributed by atoms with Crippen molar-refractivity contribution in [2.45, 2.75) is 31.7 Å². The van der Waals surface area contributed by atoms with E-state index in [-0.39, 0.29) is 11.8 Å². The van der Waals surface area contributed by atoms with Crippen molar-refractivity contribution in [2.24, 2.45) is 5.73 Å². The molecule has 1 saturated heterocycles. The number of carbonyl (C=O) groups excluding carboxylic acids is 2. The van der Waals surface area contributed by atoms with Crippen LogP contribution in [-0.2, 0) is 9.59 Å². The van der Waals surface area contributed by atoms with Gasteiger partial charge in [-0.1, -0.05) is 6.92 Å². The Morgan fingerprint density at radius 1 is 1.58 bits per heavy atom. The molecule has 12 heavy (non-hydrogen) atoms. The maximum Gasteiger partial charge on any atom is 0.248 e. The normalized spacial score (nSPS) is 31.1. The molecule has 1 rings (SSSR count). The highest BCUT2D eigenvalue weighted by molar-refractivity contribution is 6.02. The second kappa shape index (κ2) is 2.86. The van der Waals surface area contributed by atoms with Gasteiger partial charge in [-0.3, -0.25) is 14.5 Å². The second-order valence-electron chi connectivity index (χ2n) is 3.27. The van der Waals surface area contributed by atoms with Crippen molar-refractivity contribution in [2.75, 3.05) is 7.05 Å². The van der Waals surface area contributed by atoms with Crippen molar-refractivity contribution in [3.63, 3.8) is 0 Å². The first kappa shape index (κ1) is 9.19. The van der Waals surface area contributed by atoms with Crippen LogP contribution in [0.1, 0.15) is 26.2 Å². The largest absolute Gasteiger partial charge is 0.317 e. The average molecular weight is 170 g/mol. The molecule has 1 fully saturated rings. The number of rotatable bonds is 1. The van der Waals surface area contributed by atoms with E-state index in [1.165, 1.54) is 7.05 Å². The molecule has 0 aromatic heterocycles. The Kier molecular flexibility index (Phi) is 2.19. The van der Waals surface area contributed by atoms with Gasteiger partial charge in [0.1, 0.15) is 0 Å². The summed E-state index contributed by atoms with van der Waals surface area (Å²) in [6, 6.07) is 0. The van der Waals surface area contributed by atoms with Crippen molar-refractivity contribution in [1.82, 2.24) is 4.90 Å². The van der Waals surface area contributed by atoms with Crippen LogP contribution >= 0.6 is 0 Å². The highest BCUT2D eigenvalue weighted by Crippen LogP contribution is 2.22. The molecule has 68 valence electrons. The number of nitrogens with zero attached hydrogens (tertiary/aromatic N) is 1. The molecule has 1 aliphatic heterocycles. The summed E-state index contributed by atoms with van der Waals surface area (Å²) in [5, 5.41) is 0. The van der Waals surface area contributed by atoms with Gasteiger partial charge in [-0.15, -0.1) is 0 Å². The summed E-state index contributed by atoms with van der Waals surface area (Å²) in [6.45, 7) is 1.86. The van der Waals surface area contributed by atoms with Crippen LogP contribution in [0.15, 0.2) is 0 Å². The molecule has 0 aromatic rings. The lowest BCUT2D eigenvalue weighted by Gasteiger charge is -2.35. The predicted molar refractivity (Wildman–Crippen MR) is 44.2 cm³/mol. The van der Waals surface area contributed by atoms with E-state index in [0.717, 1.165) is 4.90 Å². The highest BCUT2D eigenvalue weighted by Gasteiger charge is 2.40. The van der Waals surface area contributed by atoms with Crippen LogP contribution in [-0.4, -0.2) is 29.3 Å². The van der Waals surface area contributed by atoms with Gasteiger partial charge in [0, 0.05) is 13.5 Å². The molecule has 0 aliphatic carbocycles. The third-order valence-corrected chi connectivity index (χ3v) is 2.52. The van der Waals surface area contributed by atoms with Crippen LogP contribution < -0.4 is 5.73 Å². The Balaban J connectivity index is 2.85. The molecule has 1 atom stereocenters. The lowest BCUT2D eigenvalue weighted by Crippen LogP contribution is -2.59. The molecule has 2 N–H and O–H groups in total. The van der Waals surface area contributed by atoms with Gasteiger partial charge in [-0.05, 0) is 12.8 Å². The summed E-state index contributed by atoms with van der Waals surface area (Å²) in [6.07, 6.45) is 1.45. The number of likely N-dealkylation sites (N-methyl/N-ethyl adjacent to an activating group) is 1. The van der Waals surface area contributed by atoms with Crippen molar-refractivity contribution in [3.05, 3.63) is 0 Å². The molecule has 0 aromatic carbocycles. The molecule has 1 heterocycles. The highest BCUT2D eigenvalue weighted by atomic mass is 16.2. The number of hydrogen-bond acceptors (Lipinski definition) is 3. The van der Waals surface area contributed by atoms with E-state index in [1.54, 1.807) is 0 Å². The quantitative estimate of drug-likeness (QED) is 0.558. The minimum atomic E-state index is -0.803. The summed E-state index contributed by atoms with van der Waals surface area (Å²) in [4.78, 5) is 23.7. The Morgan fingerprint density at radius 2 is 2.17 bits per heavy atom. The number of nitrogens with two attached hydrogens (primary N) is 1. The molecular weight excluding hydrogens is 156 g/mol. The number of amides is 2. The van der Waals surface area contributed by atoms with Gasteiger partial charge in [0.15, 0.2) is 0 Å². The molecule has 4 nitrogen and oxygen atoms in total. The minimum absolute atomic E-state index is 0.130. The van der Waals surface area contributed by atoms with E-state index in [4.69, 9.17) is 5.73 Å². The number of piperidine rings is 1. The van der Waals surface area contributed by atoms with E-state index in [2.05, 4.69) is 0 Å². The lowest BCUT2D eigenvalue weighted by molar-refractivity contribution is -0.151. The standard InChI is InChI=1S/C8H14N2O2/c1-3-8(9)5-4-6(11)10(2)7(8)12/h3-5,9H2,1-2H3. The van der Waals surface area contributed by atoms with E-state index in [9.17, 15) is 9.59 Å². The predicted octanol–water partition coefficient (Wildman–Crippen LogP) is -0.127. The van der Waals surface area contributed by atoms with E-state index < -0.39 is 5.54 Å². The third kappa shape index (κ3) is 1.22. The smallest absolute Gasteiger partial charge is 0.248 e. The number of likely N-dealkylation sites (tertiary alicyclic amines) is 1. The van der Waals surface area contributed by atoms with Gasteiger partial charge in [0.25, 0.3) is 0 Å². The number of hydrogen-bond donors (Lipinski definition) is 1. The van der Waals surface area contributed by atoms with Crippen LogP contribution in [0.4, 0.5) is 0 Å². The Morgan fingerprint density at radius 3 is 2.67 bits per heavy atom. The zero-order valence-electron chi connectivity index (χ0n) is 7.46. The molecular formula is C8H14N2O2. The zero-order chi connectivity index (χ0) is 9.35. The van der Waals surface area contributed by atoms with E-state index in [1.807, 2.05) is 6.92 Å². The van der Waals surface area contributed by atoms with Crippen molar-refractivity contribution in [1.29, 1.82) is 0 Å². The SMILES string of the molecule is CCC1(N)CCC(=O)N(C)C1=O. The molecule has 4 heteroatoms. The van der Waals surface area contributed by atoms with Gasteiger partial charge >= 0.3 is 0 Å². The fourth-order valence-corrected chi connectivity index (χ4v) is 1.38. The molecule has 0 bridgehead atoms. The van der Waals surface area contributed by atoms with E-state index in [0.29, 0.717) is 19.3 Å². The van der Waals surface area contributed by atoms with Crippen LogP contribution in [0.25, 0.3) is 0 Å². The number of carbonyl (C=O) groups is 2.